The van der Waals surface area contributed by atoms with Crippen LogP contribution in [0.4, 0.5) is 0 Å². The summed E-state index contributed by atoms with van der Waals surface area (Å²) < 4.78 is 37.8. The van der Waals surface area contributed by atoms with Gasteiger partial charge in [0.05, 0.1) is 29.1 Å². The summed E-state index contributed by atoms with van der Waals surface area (Å²) in [5.74, 6) is -1.24. The van der Waals surface area contributed by atoms with Gasteiger partial charge in [0.15, 0.2) is 0 Å². The highest BCUT2D eigenvalue weighted by Gasteiger charge is 2.32. The Kier molecular flexibility index (Phi) is 7.79. The summed E-state index contributed by atoms with van der Waals surface area (Å²) in [7, 11) is -3.66. The number of ether oxygens (including phenoxy) is 2. The van der Waals surface area contributed by atoms with Crippen LogP contribution < -0.4 is 5.32 Å². The van der Waals surface area contributed by atoms with Crippen molar-refractivity contribution in [1.29, 1.82) is 0 Å². The number of esters is 1. The van der Waals surface area contributed by atoms with Gasteiger partial charge in [0.1, 0.15) is 0 Å². The lowest BCUT2D eigenvalue weighted by atomic mass is 10.1. The third-order valence-corrected chi connectivity index (χ3v) is 6.31. The molecule has 1 fully saturated rings. The van der Waals surface area contributed by atoms with E-state index in [-0.39, 0.29) is 41.6 Å². The molecule has 8 nitrogen and oxygen atoms in total. The van der Waals surface area contributed by atoms with Gasteiger partial charge in [-0.25, -0.2) is 8.42 Å². The lowest BCUT2D eigenvalue weighted by Gasteiger charge is -2.34. The number of rotatable bonds is 7. The summed E-state index contributed by atoms with van der Waals surface area (Å²) in [4.78, 5) is 24.2. The topological polar surface area (TPSA) is 102 Å². The van der Waals surface area contributed by atoms with Crippen LogP contribution in [0, 0.1) is 5.92 Å². The number of hydrogen-bond donors (Lipinski definition) is 1. The molecule has 0 saturated carbocycles. The van der Waals surface area contributed by atoms with Crippen LogP contribution in [-0.4, -0.2) is 62.5 Å². The van der Waals surface area contributed by atoms with Gasteiger partial charge in [0, 0.05) is 25.2 Å². The van der Waals surface area contributed by atoms with Crippen LogP contribution in [0.5, 0.6) is 0 Å². The maximum atomic E-state index is 12.9. The van der Waals surface area contributed by atoms with E-state index in [0.717, 1.165) is 0 Å². The molecule has 1 aromatic rings. The Bertz CT molecular complexity index is 812. The summed E-state index contributed by atoms with van der Waals surface area (Å²) >= 11 is 0. The Morgan fingerprint density at radius 1 is 1.14 bits per heavy atom. The molecule has 3 atom stereocenters. The minimum Gasteiger partial charge on any atom is -0.463 e. The third-order valence-electron chi connectivity index (χ3n) is 4.46. The molecule has 3 unspecified atom stereocenters. The molecule has 29 heavy (non-hydrogen) atoms. The first-order valence-electron chi connectivity index (χ1n) is 9.75. The van der Waals surface area contributed by atoms with Crippen LogP contribution in [0.15, 0.2) is 29.2 Å². The summed E-state index contributed by atoms with van der Waals surface area (Å²) in [5, 5.41) is 2.67. The molecule has 1 heterocycles. The van der Waals surface area contributed by atoms with Gasteiger partial charge in [-0.05, 0) is 52.0 Å². The van der Waals surface area contributed by atoms with E-state index < -0.39 is 15.9 Å². The maximum absolute atomic E-state index is 12.9. The fourth-order valence-corrected chi connectivity index (χ4v) is 4.62. The third kappa shape index (κ3) is 6.25. The molecule has 1 amide bonds. The Balaban J connectivity index is 2.00. The lowest BCUT2D eigenvalue weighted by molar-refractivity contribution is -0.151. The SMILES string of the molecule is CC(C)OC(=O)C(C)CNC(=O)c1ccc(S(=O)(=O)N2CC(C)OC(C)C2)cc1. The Morgan fingerprint density at radius 2 is 1.69 bits per heavy atom. The van der Waals surface area contributed by atoms with Gasteiger partial charge in [-0.1, -0.05) is 6.92 Å². The smallest absolute Gasteiger partial charge is 0.310 e. The standard InChI is InChI=1S/C20H30N2O6S/c1-13(2)27-20(24)14(3)10-21-19(23)17-6-8-18(9-7-17)29(25,26)22-11-15(4)28-16(5)12-22/h6-9,13-16H,10-12H2,1-5H3,(H,21,23). The van der Waals surface area contributed by atoms with Crippen LogP contribution in [0.1, 0.15) is 45.0 Å². The Morgan fingerprint density at radius 3 is 2.21 bits per heavy atom. The number of nitrogens with zero attached hydrogens (tertiary/aromatic N) is 1. The number of nitrogens with one attached hydrogen (secondary N) is 1. The van der Waals surface area contributed by atoms with E-state index in [1.165, 1.54) is 28.6 Å². The molecule has 1 aliphatic rings. The monoisotopic (exact) mass is 426 g/mol. The normalized spacial score (nSPS) is 21.6. The molecule has 162 valence electrons. The fourth-order valence-electron chi connectivity index (χ4n) is 3.03. The molecule has 2 rings (SSSR count). The number of carbonyl (C=O) groups is 2. The van der Waals surface area contributed by atoms with Crippen LogP contribution >= 0.6 is 0 Å². The van der Waals surface area contributed by atoms with Crippen molar-refractivity contribution in [3.63, 3.8) is 0 Å². The Labute approximate surface area is 172 Å². The quantitative estimate of drug-likeness (QED) is 0.667. The highest BCUT2D eigenvalue weighted by Crippen LogP contribution is 2.21. The van der Waals surface area contributed by atoms with E-state index in [4.69, 9.17) is 9.47 Å². The number of carbonyl (C=O) groups excluding carboxylic acids is 2. The second kappa shape index (κ2) is 9.69. The molecular weight excluding hydrogens is 396 g/mol. The molecule has 0 bridgehead atoms. The van der Waals surface area contributed by atoms with Crippen molar-refractivity contribution >= 4 is 21.9 Å². The van der Waals surface area contributed by atoms with Crippen molar-refractivity contribution in [2.45, 2.75) is 57.8 Å². The molecule has 0 aliphatic carbocycles. The molecule has 0 aromatic heterocycles. The first-order valence-corrected chi connectivity index (χ1v) is 11.2. The second-order valence-electron chi connectivity index (χ2n) is 7.70. The van der Waals surface area contributed by atoms with Gasteiger partial charge < -0.3 is 14.8 Å². The van der Waals surface area contributed by atoms with Gasteiger partial charge >= 0.3 is 5.97 Å². The van der Waals surface area contributed by atoms with Crippen LogP contribution in [-0.2, 0) is 24.3 Å². The van der Waals surface area contributed by atoms with E-state index in [1.807, 2.05) is 13.8 Å². The van der Waals surface area contributed by atoms with Crippen molar-refractivity contribution < 1.29 is 27.5 Å². The van der Waals surface area contributed by atoms with E-state index in [2.05, 4.69) is 5.32 Å². The predicted molar refractivity (Wildman–Crippen MR) is 108 cm³/mol. The van der Waals surface area contributed by atoms with Crippen molar-refractivity contribution in [2.75, 3.05) is 19.6 Å². The van der Waals surface area contributed by atoms with Gasteiger partial charge in [-0.3, -0.25) is 9.59 Å². The lowest BCUT2D eigenvalue weighted by Crippen LogP contribution is -2.48. The van der Waals surface area contributed by atoms with E-state index in [1.54, 1.807) is 20.8 Å². The summed E-state index contributed by atoms with van der Waals surface area (Å²) in [6.45, 7) is 9.58. The van der Waals surface area contributed by atoms with Crippen molar-refractivity contribution in [2.24, 2.45) is 5.92 Å². The molecule has 0 spiro atoms. The van der Waals surface area contributed by atoms with Gasteiger partial charge in [-0.15, -0.1) is 0 Å². The summed E-state index contributed by atoms with van der Waals surface area (Å²) in [6.07, 6.45) is -0.571. The summed E-state index contributed by atoms with van der Waals surface area (Å²) in [6, 6.07) is 5.77. The maximum Gasteiger partial charge on any atom is 0.310 e. The van der Waals surface area contributed by atoms with E-state index in [9.17, 15) is 18.0 Å². The first-order chi connectivity index (χ1) is 13.5. The number of hydrogen-bond acceptors (Lipinski definition) is 6. The van der Waals surface area contributed by atoms with Crippen LogP contribution in [0.2, 0.25) is 0 Å². The van der Waals surface area contributed by atoms with Gasteiger partial charge in [0.25, 0.3) is 5.91 Å². The minimum absolute atomic E-state index is 0.129. The molecular formula is C20H30N2O6S. The number of amides is 1. The molecule has 9 heteroatoms. The number of sulfonamides is 1. The highest BCUT2D eigenvalue weighted by atomic mass is 32.2. The molecule has 1 saturated heterocycles. The first kappa shape index (κ1) is 23.3. The summed E-state index contributed by atoms with van der Waals surface area (Å²) in [5.41, 5.74) is 0.317. The molecule has 1 aliphatic heterocycles. The average molecular weight is 427 g/mol. The molecule has 1 aromatic carbocycles. The van der Waals surface area contributed by atoms with Crippen molar-refractivity contribution in [1.82, 2.24) is 9.62 Å². The zero-order valence-electron chi connectivity index (χ0n) is 17.5. The zero-order chi connectivity index (χ0) is 21.8. The zero-order valence-corrected chi connectivity index (χ0v) is 18.4. The van der Waals surface area contributed by atoms with Crippen LogP contribution in [0.3, 0.4) is 0 Å². The molecule has 1 N–H and O–H groups in total. The average Bonchev–Trinajstić information content (AvgIpc) is 2.64. The molecule has 0 radical (unpaired) electrons. The predicted octanol–water partition coefficient (Wildman–Crippen LogP) is 1.80. The van der Waals surface area contributed by atoms with E-state index >= 15 is 0 Å². The van der Waals surface area contributed by atoms with Crippen LogP contribution in [0.25, 0.3) is 0 Å². The van der Waals surface area contributed by atoms with Crippen molar-refractivity contribution in [3.8, 4) is 0 Å². The number of benzene rings is 1. The van der Waals surface area contributed by atoms with E-state index in [0.29, 0.717) is 18.7 Å². The highest BCUT2D eigenvalue weighted by molar-refractivity contribution is 7.89. The second-order valence-corrected chi connectivity index (χ2v) is 9.64. The number of morpholine rings is 1. The largest absolute Gasteiger partial charge is 0.463 e. The van der Waals surface area contributed by atoms with Crippen molar-refractivity contribution in [3.05, 3.63) is 29.8 Å². The minimum atomic E-state index is -3.66. The fraction of sp³-hybridized carbons (Fsp3) is 0.600. The van der Waals surface area contributed by atoms with Gasteiger partial charge in [-0.2, -0.15) is 4.31 Å². The van der Waals surface area contributed by atoms with Gasteiger partial charge in [0.2, 0.25) is 10.0 Å². The Hall–Kier alpha value is -1.97.